The Balaban J connectivity index is 2.01. The van der Waals surface area contributed by atoms with E-state index in [0.717, 1.165) is 24.2 Å². The fraction of sp³-hybridized carbons (Fsp3) is 0.545. The Hall–Kier alpha value is -2.57. The van der Waals surface area contributed by atoms with Crippen molar-refractivity contribution in [2.75, 3.05) is 37.6 Å². The van der Waals surface area contributed by atoms with Crippen molar-refractivity contribution in [2.24, 2.45) is 0 Å². The topological polar surface area (TPSA) is 61.9 Å². The molecule has 2 amide bonds. The molecule has 0 saturated heterocycles. The SMILES string of the molecule is CCN(CC)C(=O)c1ccc2c(c1)CCN2CC(=CF)CNC(=O)OC(C)(C)C. The van der Waals surface area contributed by atoms with E-state index in [9.17, 15) is 14.0 Å². The Bertz CT molecular complexity index is 767. The number of carbonyl (C=O) groups is 2. The van der Waals surface area contributed by atoms with Crippen LogP contribution in [0.3, 0.4) is 0 Å². The van der Waals surface area contributed by atoms with Crippen molar-refractivity contribution in [3.05, 3.63) is 41.2 Å². The van der Waals surface area contributed by atoms with Gasteiger partial charge in [-0.3, -0.25) is 4.79 Å². The summed E-state index contributed by atoms with van der Waals surface area (Å²) in [5, 5.41) is 2.59. The summed E-state index contributed by atoms with van der Waals surface area (Å²) in [6.07, 6.45) is 0.764. The average molecular weight is 406 g/mol. The maximum Gasteiger partial charge on any atom is 0.407 e. The van der Waals surface area contributed by atoms with E-state index < -0.39 is 11.7 Å². The highest BCUT2D eigenvalue weighted by Gasteiger charge is 2.23. The number of hydrogen-bond acceptors (Lipinski definition) is 4. The second kappa shape index (κ2) is 9.76. The lowest BCUT2D eigenvalue weighted by molar-refractivity contribution is 0.0532. The Morgan fingerprint density at radius 3 is 2.55 bits per heavy atom. The van der Waals surface area contributed by atoms with Crippen molar-refractivity contribution < 1.29 is 18.7 Å². The van der Waals surface area contributed by atoms with Crippen LogP contribution in [0.5, 0.6) is 0 Å². The molecule has 7 heteroatoms. The minimum absolute atomic E-state index is 0.0298. The molecule has 1 aromatic rings. The highest BCUT2D eigenvalue weighted by atomic mass is 19.1. The lowest BCUT2D eigenvalue weighted by atomic mass is 10.1. The first-order valence-corrected chi connectivity index (χ1v) is 10.1. The van der Waals surface area contributed by atoms with Crippen molar-refractivity contribution in [1.82, 2.24) is 10.2 Å². The molecule has 0 saturated carbocycles. The molecule has 0 bridgehead atoms. The second-order valence-electron chi connectivity index (χ2n) is 8.12. The van der Waals surface area contributed by atoms with Crippen LogP contribution in [0.25, 0.3) is 0 Å². The van der Waals surface area contributed by atoms with E-state index in [1.165, 1.54) is 0 Å². The van der Waals surface area contributed by atoms with Gasteiger partial charge >= 0.3 is 6.09 Å². The van der Waals surface area contributed by atoms with Crippen LogP contribution < -0.4 is 10.2 Å². The first-order chi connectivity index (χ1) is 13.7. The number of nitrogens with zero attached hydrogens (tertiary/aromatic N) is 2. The zero-order chi connectivity index (χ0) is 21.6. The fourth-order valence-electron chi connectivity index (χ4n) is 3.33. The quantitative estimate of drug-likeness (QED) is 0.747. The summed E-state index contributed by atoms with van der Waals surface area (Å²) in [6.45, 7) is 11.8. The van der Waals surface area contributed by atoms with Crippen molar-refractivity contribution in [3.8, 4) is 0 Å². The van der Waals surface area contributed by atoms with Gasteiger partial charge in [-0.2, -0.15) is 0 Å². The molecule has 29 heavy (non-hydrogen) atoms. The van der Waals surface area contributed by atoms with Crippen LogP contribution in [0.15, 0.2) is 30.1 Å². The largest absolute Gasteiger partial charge is 0.444 e. The standard InChI is InChI=1S/C22H32FN3O3/c1-6-25(7-2)20(27)18-8-9-19-17(12-18)10-11-26(19)15-16(13-23)14-24-21(28)29-22(3,4)5/h8-9,12-13H,6-7,10-11,14-15H2,1-5H3,(H,24,28). The van der Waals surface area contributed by atoms with Crippen LogP contribution in [0.2, 0.25) is 0 Å². The molecule has 1 N–H and O–H groups in total. The molecule has 1 aliphatic rings. The van der Waals surface area contributed by atoms with Crippen LogP contribution in [-0.4, -0.2) is 55.2 Å². The molecule has 1 aromatic carbocycles. The maximum atomic E-state index is 13.4. The second-order valence-corrected chi connectivity index (χ2v) is 8.12. The van der Waals surface area contributed by atoms with Crippen LogP contribution in [0.1, 0.15) is 50.5 Å². The smallest absolute Gasteiger partial charge is 0.407 e. The number of alkyl carbamates (subject to hydrolysis) is 1. The van der Waals surface area contributed by atoms with E-state index in [1.807, 2.05) is 32.0 Å². The van der Waals surface area contributed by atoms with Crippen molar-refractivity contribution in [1.29, 1.82) is 0 Å². The number of benzene rings is 1. The van der Waals surface area contributed by atoms with E-state index in [4.69, 9.17) is 4.74 Å². The van der Waals surface area contributed by atoms with Gasteiger partial charge in [0.2, 0.25) is 0 Å². The Kier molecular flexibility index (Phi) is 7.65. The number of anilines is 1. The predicted molar refractivity (Wildman–Crippen MR) is 113 cm³/mol. The predicted octanol–water partition coefficient (Wildman–Crippen LogP) is 3.91. The molecule has 0 fully saturated rings. The van der Waals surface area contributed by atoms with E-state index in [2.05, 4.69) is 10.2 Å². The molecule has 1 heterocycles. The molecular weight excluding hydrogens is 373 g/mol. The van der Waals surface area contributed by atoms with Crippen LogP contribution in [0, 0.1) is 0 Å². The molecule has 1 aliphatic heterocycles. The number of carbonyl (C=O) groups excluding carboxylic acids is 2. The van der Waals surface area contributed by atoms with Gasteiger partial charge in [0.25, 0.3) is 5.91 Å². The molecular formula is C22H32FN3O3. The Labute approximate surface area is 172 Å². The summed E-state index contributed by atoms with van der Waals surface area (Å²) in [7, 11) is 0. The van der Waals surface area contributed by atoms with E-state index >= 15 is 0 Å². The fourth-order valence-corrected chi connectivity index (χ4v) is 3.33. The molecule has 160 valence electrons. The first kappa shape index (κ1) is 22.7. The zero-order valence-electron chi connectivity index (χ0n) is 18.0. The molecule has 0 aliphatic carbocycles. The van der Waals surface area contributed by atoms with Gasteiger partial charge in [-0.05, 0) is 70.4 Å². The van der Waals surface area contributed by atoms with Crippen LogP contribution >= 0.6 is 0 Å². The lowest BCUT2D eigenvalue weighted by Gasteiger charge is -2.23. The number of halogens is 1. The highest BCUT2D eigenvalue weighted by Crippen LogP contribution is 2.30. The number of fused-ring (bicyclic) bond motifs is 1. The molecule has 2 rings (SSSR count). The van der Waals surface area contributed by atoms with Gasteiger partial charge in [-0.25, -0.2) is 9.18 Å². The molecule has 0 aromatic heterocycles. The minimum Gasteiger partial charge on any atom is -0.444 e. The zero-order valence-corrected chi connectivity index (χ0v) is 18.0. The Morgan fingerprint density at radius 2 is 1.97 bits per heavy atom. The number of ether oxygens (including phenoxy) is 1. The summed E-state index contributed by atoms with van der Waals surface area (Å²) in [6, 6.07) is 5.69. The Morgan fingerprint density at radius 1 is 1.28 bits per heavy atom. The van der Waals surface area contributed by atoms with Gasteiger partial charge < -0.3 is 19.9 Å². The van der Waals surface area contributed by atoms with Gasteiger partial charge in [-0.15, -0.1) is 0 Å². The van der Waals surface area contributed by atoms with Gasteiger partial charge in [-0.1, -0.05) is 0 Å². The summed E-state index contributed by atoms with van der Waals surface area (Å²) < 4.78 is 18.6. The molecule has 0 spiro atoms. The van der Waals surface area contributed by atoms with E-state index in [-0.39, 0.29) is 12.5 Å². The van der Waals surface area contributed by atoms with E-state index in [0.29, 0.717) is 37.1 Å². The normalized spacial score (nSPS) is 13.9. The third-order valence-corrected chi connectivity index (χ3v) is 4.78. The average Bonchev–Trinajstić information content (AvgIpc) is 3.06. The minimum atomic E-state index is -0.599. The molecule has 6 nitrogen and oxygen atoms in total. The number of amides is 2. The first-order valence-electron chi connectivity index (χ1n) is 10.1. The molecule has 0 atom stereocenters. The van der Waals surface area contributed by atoms with Crippen molar-refractivity contribution in [2.45, 2.75) is 46.6 Å². The van der Waals surface area contributed by atoms with Gasteiger partial charge in [0.15, 0.2) is 0 Å². The summed E-state index contributed by atoms with van der Waals surface area (Å²) in [5.41, 5.74) is 2.62. The van der Waals surface area contributed by atoms with Crippen LogP contribution in [-0.2, 0) is 11.2 Å². The third kappa shape index (κ3) is 6.21. The van der Waals surface area contributed by atoms with Gasteiger partial charge in [0.1, 0.15) is 5.60 Å². The van der Waals surface area contributed by atoms with Crippen molar-refractivity contribution >= 4 is 17.7 Å². The lowest BCUT2D eigenvalue weighted by Crippen LogP contribution is -2.35. The number of rotatable bonds is 7. The van der Waals surface area contributed by atoms with E-state index in [1.54, 1.807) is 25.7 Å². The molecule has 0 unspecified atom stereocenters. The summed E-state index contributed by atoms with van der Waals surface area (Å²) in [4.78, 5) is 28.2. The van der Waals surface area contributed by atoms with Crippen molar-refractivity contribution in [3.63, 3.8) is 0 Å². The summed E-state index contributed by atoms with van der Waals surface area (Å²) in [5.74, 6) is 0.0298. The molecule has 0 radical (unpaired) electrons. The highest BCUT2D eigenvalue weighted by molar-refractivity contribution is 5.95. The monoisotopic (exact) mass is 405 g/mol. The van der Waals surface area contributed by atoms with Crippen LogP contribution in [0.4, 0.5) is 14.9 Å². The maximum absolute atomic E-state index is 13.4. The van der Waals surface area contributed by atoms with Gasteiger partial charge in [0, 0.05) is 44.0 Å². The number of hydrogen-bond donors (Lipinski definition) is 1. The summed E-state index contributed by atoms with van der Waals surface area (Å²) >= 11 is 0. The third-order valence-electron chi connectivity index (χ3n) is 4.78. The van der Waals surface area contributed by atoms with Gasteiger partial charge in [0.05, 0.1) is 6.33 Å². The number of nitrogens with one attached hydrogen (secondary N) is 1.